The highest BCUT2D eigenvalue weighted by Crippen LogP contribution is 2.47. The highest BCUT2D eigenvalue weighted by molar-refractivity contribution is 7.26. The first-order valence-corrected chi connectivity index (χ1v) is 22.4. The van der Waals surface area contributed by atoms with Crippen LogP contribution in [0.1, 0.15) is 0 Å². The Bertz CT molecular complexity index is 3480. The molecule has 0 saturated heterocycles. The fourth-order valence-corrected chi connectivity index (χ4v) is 11.3. The number of benzene rings is 9. The summed E-state index contributed by atoms with van der Waals surface area (Å²) in [6.07, 6.45) is 0. The second-order valence-corrected chi connectivity index (χ2v) is 17.6. The molecular formula is C57H35N3S2. The minimum absolute atomic E-state index is 0.625. The van der Waals surface area contributed by atoms with E-state index in [-0.39, 0.29) is 0 Å². The van der Waals surface area contributed by atoms with E-state index in [9.17, 15) is 0 Å². The third kappa shape index (κ3) is 6.21. The quantitative estimate of drug-likeness (QED) is 0.161. The van der Waals surface area contributed by atoms with Crippen molar-refractivity contribution in [2.45, 2.75) is 0 Å². The Morgan fingerprint density at radius 1 is 0.242 bits per heavy atom. The summed E-state index contributed by atoms with van der Waals surface area (Å²) in [6.45, 7) is 0. The maximum absolute atomic E-state index is 5.60. The van der Waals surface area contributed by atoms with Crippen molar-refractivity contribution in [3.8, 4) is 78.7 Å². The Morgan fingerprint density at radius 2 is 0.629 bits per heavy atom. The van der Waals surface area contributed by atoms with Crippen molar-refractivity contribution in [2.75, 3.05) is 0 Å². The third-order valence-corrected chi connectivity index (χ3v) is 14.2. The topological polar surface area (TPSA) is 38.7 Å². The molecule has 0 unspecified atom stereocenters. The van der Waals surface area contributed by atoms with E-state index in [1.165, 1.54) is 36.5 Å². The van der Waals surface area contributed by atoms with Gasteiger partial charge >= 0.3 is 0 Å². The normalized spacial score (nSPS) is 11.5. The van der Waals surface area contributed by atoms with E-state index in [1.54, 1.807) is 22.7 Å². The van der Waals surface area contributed by atoms with Gasteiger partial charge in [0.15, 0.2) is 17.5 Å². The van der Waals surface area contributed by atoms with Crippen LogP contribution in [0.2, 0.25) is 0 Å². The van der Waals surface area contributed by atoms with Gasteiger partial charge < -0.3 is 0 Å². The maximum atomic E-state index is 5.60. The second-order valence-electron chi connectivity index (χ2n) is 15.5. The Morgan fingerprint density at radius 3 is 1.15 bits per heavy atom. The average molecular weight is 826 g/mol. The number of fused-ring (bicyclic) bond motifs is 6. The summed E-state index contributed by atoms with van der Waals surface area (Å²) < 4.78 is 4.80. The lowest BCUT2D eigenvalue weighted by atomic mass is 9.85. The maximum Gasteiger partial charge on any atom is 0.165 e. The SMILES string of the molecule is c1ccc(-c2ccc(-c3c(-c4ccccc4)ccc(-c4ccccc4)c3-c3nc(-c4cccc5c4sc4ccccc45)nc(-c4cccc5c4sc4ccccc45)n3)cc2)cc1. The van der Waals surface area contributed by atoms with E-state index in [2.05, 4.69) is 212 Å². The van der Waals surface area contributed by atoms with Gasteiger partial charge in [0.1, 0.15) is 0 Å². The Balaban J connectivity index is 1.20. The van der Waals surface area contributed by atoms with Crippen molar-refractivity contribution in [1.29, 1.82) is 0 Å². The van der Waals surface area contributed by atoms with E-state index in [0.29, 0.717) is 17.5 Å². The molecule has 3 aromatic heterocycles. The van der Waals surface area contributed by atoms with Crippen molar-refractivity contribution < 1.29 is 0 Å². The molecule has 0 aliphatic rings. The molecule has 62 heavy (non-hydrogen) atoms. The summed E-state index contributed by atoms with van der Waals surface area (Å²) in [5.74, 6) is 1.92. The smallest absolute Gasteiger partial charge is 0.165 e. The van der Waals surface area contributed by atoms with Crippen molar-refractivity contribution in [3.63, 3.8) is 0 Å². The first-order valence-electron chi connectivity index (χ1n) is 20.8. The molecular weight excluding hydrogens is 791 g/mol. The lowest BCUT2D eigenvalue weighted by Crippen LogP contribution is -2.03. The molecule has 3 heterocycles. The van der Waals surface area contributed by atoms with Crippen molar-refractivity contribution >= 4 is 63.0 Å². The molecule has 0 radical (unpaired) electrons. The Labute approximate surface area is 366 Å². The summed E-state index contributed by atoms with van der Waals surface area (Å²) in [7, 11) is 0. The van der Waals surface area contributed by atoms with E-state index in [4.69, 9.17) is 15.0 Å². The predicted octanol–water partition coefficient (Wildman–Crippen LogP) is 16.3. The molecule has 0 atom stereocenters. The molecule has 0 spiro atoms. The molecule has 0 aliphatic carbocycles. The van der Waals surface area contributed by atoms with Crippen LogP contribution in [0.25, 0.3) is 119 Å². The number of aromatic nitrogens is 3. The van der Waals surface area contributed by atoms with Gasteiger partial charge in [-0.25, -0.2) is 15.0 Å². The van der Waals surface area contributed by atoms with Gasteiger partial charge in [-0.2, -0.15) is 0 Å². The van der Waals surface area contributed by atoms with Crippen molar-refractivity contribution in [2.24, 2.45) is 0 Å². The van der Waals surface area contributed by atoms with Crippen LogP contribution in [-0.4, -0.2) is 15.0 Å². The largest absolute Gasteiger partial charge is 0.208 e. The lowest BCUT2D eigenvalue weighted by Gasteiger charge is -2.20. The van der Waals surface area contributed by atoms with E-state index < -0.39 is 0 Å². The number of thiophene rings is 2. The fourth-order valence-electron chi connectivity index (χ4n) is 8.89. The first-order chi connectivity index (χ1) is 30.7. The molecule has 290 valence electrons. The number of nitrogens with zero attached hydrogens (tertiary/aromatic N) is 3. The van der Waals surface area contributed by atoms with Gasteiger partial charge in [-0.15, -0.1) is 22.7 Å². The number of hydrogen-bond acceptors (Lipinski definition) is 5. The van der Waals surface area contributed by atoms with E-state index in [0.717, 1.165) is 65.0 Å². The molecule has 0 N–H and O–H groups in total. The highest BCUT2D eigenvalue weighted by Gasteiger charge is 2.25. The Kier molecular flexibility index (Phi) is 8.87. The van der Waals surface area contributed by atoms with E-state index in [1.807, 2.05) is 0 Å². The molecule has 0 fully saturated rings. The zero-order chi connectivity index (χ0) is 41.0. The summed E-state index contributed by atoms with van der Waals surface area (Å²) in [5, 5.41) is 4.88. The zero-order valence-corrected chi connectivity index (χ0v) is 35.0. The van der Waals surface area contributed by atoms with Gasteiger partial charge in [0.2, 0.25) is 0 Å². The third-order valence-electron chi connectivity index (χ3n) is 11.8. The number of rotatable bonds is 7. The summed E-state index contributed by atoms with van der Waals surface area (Å²) in [6, 6.07) is 75.7. The van der Waals surface area contributed by atoms with Crippen LogP contribution < -0.4 is 0 Å². The van der Waals surface area contributed by atoms with Gasteiger partial charge in [0.25, 0.3) is 0 Å². The summed E-state index contributed by atoms with van der Waals surface area (Å²) in [4.78, 5) is 16.7. The van der Waals surface area contributed by atoms with Crippen LogP contribution >= 0.6 is 22.7 Å². The van der Waals surface area contributed by atoms with Gasteiger partial charge in [0.05, 0.1) is 0 Å². The first kappa shape index (κ1) is 36.3. The van der Waals surface area contributed by atoms with Crippen LogP contribution in [0.3, 0.4) is 0 Å². The van der Waals surface area contributed by atoms with Crippen LogP contribution in [0.4, 0.5) is 0 Å². The molecule has 0 bridgehead atoms. The van der Waals surface area contributed by atoms with Gasteiger partial charge in [-0.1, -0.05) is 188 Å². The minimum Gasteiger partial charge on any atom is -0.208 e. The average Bonchev–Trinajstić information content (AvgIpc) is 3.93. The molecule has 12 aromatic rings. The molecule has 0 aliphatic heterocycles. The van der Waals surface area contributed by atoms with Crippen molar-refractivity contribution in [1.82, 2.24) is 15.0 Å². The molecule has 9 aromatic carbocycles. The monoisotopic (exact) mass is 825 g/mol. The summed E-state index contributed by atoms with van der Waals surface area (Å²) in [5.41, 5.74) is 11.8. The predicted molar refractivity (Wildman–Crippen MR) is 264 cm³/mol. The molecule has 3 nitrogen and oxygen atoms in total. The molecule has 12 rings (SSSR count). The van der Waals surface area contributed by atoms with Crippen LogP contribution in [0, 0.1) is 0 Å². The fraction of sp³-hybridized carbons (Fsp3) is 0. The van der Waals surface area contributed by atoms with E-state index >= 15 is 0 Å². The standard InChI is InChI=1S/C57H35N3S2/c1-4-16-36(17-5-1)37-30-32-40(33-31-37)51-41(38-18-6-2-7-19-38)34-35-42(39-20-8-3-9-21-39)52(51)57-59-55(47-26-14-24-45-43-22-10-12-28-49(43)61-53(45)47)58-56(60-57)48-27-15-25-46-44-23-11-13-29-50(44)62-54(46)48/h1-35H. The molecule has 0 saturated carbocycles. The minimum atomic E-state index is 0.625. The lowest BCUT2D eigenvalue weighted by molar-refractivity contribution is 1.08. The second kappa shape index (κ2) is 15.2. The molecule has 5 heteroatoms. The highest BCUT2D eigenvalue weighted by atomic mass is 32.1. The zero-order valence-electron chi connectivity index (χ0n) is 33.4. The number of hydrogen-bond donors (Lipinski definition) is 0. The van der Waals surface area contributed by atoms with Crippen molar-refractivity contribution in [3.05, 3.63) is 212 Å². The summed E-state index contributed by atoms with van der Waals surface area (Å²) >= 11 is 3.59. The van der Waals surface area contributed by atoms with Gasteiger partial charge in [-0.05, 0) is 63.2 Å². The van der Waals surface area contributed by atoms with Crippen LogP contribution in [0.5, 0.6) is 0 Å². The Hall–Kier alpha value is -7.57. The van der Waals surface area contributed by atoms with Crippen LogP contribution in [-0.2, 0) is 0 Å². The van der Waals surface area contributed by atoms with Crippen LogP contribution in [0.15, 0.2) is 212 Å². The van der Waals surface area contributed by atoms with Gasteiger partial charge in [-0.3, -0.25) is 0 Å². The molecule has 0 amide bonds. The van der Waals surface area contributed by atoms with Gasteiger partial charge in [0, 0.05) is 62.6 Å².